The Labute approximate surface area is 190 Å². The second kappa shape index (κ2) is 9.23. The molecule has 1 amide bonds. The molecule has 1 N–H and O–H groups in total. The molecule has 0 aromatic carbocycles. The average Bonchev–Trinajstić information content (AvgIpc) is 3.30. The zero-order valence-corrected chi connectivity index (χ0v) is 19.8. The molecule has 4 rings (SSSR count). The van der Waals surface area contributed by atoms with Gasteiger partial charge in [0.25, 0.3) is 0 Å². The maximum atomic E-state index is 12.7. The highest BCUT2D eigenvalue weighted by molar-refractivity contribution is 7.15. The first-order valence-electron chi connectivity index (χ1n) is 10.3. The number of hydrogen-bond acceptors (Lipinski definition) is 8. The van der Waals surface area contributed by atoms with Crippen LogP contribution in [0.3, 0.4) is 0 Å². The molecule has 0 spiro atoms. The maximum absolute atomic E-state index is 12.7. The van der Waals surface area contributed by atoms with Gasteiger partial charge in [-0.15, -0.1) is 22.7 Å². The first-order chi connectivity index (χ1) is 14.9. The summed E-state index contributed by atoms with van der Waals surface area (Å²) in [5, 5.41) is 7.11. The van der Waals surface area contributed by atoms with Crippen LogP contribution in [0.4, 0.5) is 10.9 Å². The van der Waals surface area contributed by atoms with Gasteiger partial charge in [-0.05, 0) is 46.6 Å². The second-order valence-corrected chi connectivity index (χ2v) is 10.0. The minimum absolute atomic E-state index is 0.0215. The summed E-state index contributed by atoms with van der Waals surface area (Å²) in [4.78, 5) is 34.0. The van der Waals surface area contributed by atoms with Crippen molar-refractivity contribution in [3.05, 3.63) is 50.3 Å². The fourth-order valence-electron chi connectivity index (χ4n) is 3.64. The van der Waals surface area contributed by atoms with Crippen LogP contribution in [0, 0.1) is 27.7 Å². The third kappa shape index (κ3) is 5.34. The highest BCUT2D eigenvalue weighted by Crippen LogP contribution is 2.29. The van der Waals surface area contributed by atoms with Crippen LogP contribution < -0.4 is 5.32 Å². The summed E-state index contributed by atoms with van der Waals surface area (Å²) < 4.78 is 0. The predicted molar refractivity (Wildman–Crippen MR) is 126 cm³/mol. The lowest BCUT2D eigenvalue weighted by molar-refractivity contribution is -0.127. The number of aromatic nitrogens is 4. The molecule has 1 aliphatic rings. The molecule has 3 aromatic rings. The summed E-state index contributed by atoms with van der Waals surface area (Å²) in [5.41, 5.74) is 2.83. The molecule has 31 heavy (non-hydrogen) atoms. The molecule has 0 saturated carbocycles. The van der Waals surface area contributed by atoms with E-state index in [1.807, 2.05) is 37.1 Å². The second-order valence-electron chi connectivity index (χ2n) is 7.76. The summed E-state index contributed by atoms with van der Waals surface area (Å²) in [6.45, 7) is 9.35. The van der Waals surface area contributed by atoms with E-state index in [4.69, 9.17) is 0 Å². The van der Waals surface area contributed by atoms with E-state index in [9.17, 15) is 4.79 Å². The lowest BCUT2D eigenvalue weighted by Crippen LogP contribution is -2.38. The van der Waals surface area contributed by atoms with Crippen molar-refractivity contribution < 1.29 is 4.79 Å². The van der Waals surface area contributed by atoms with Crippen LogP contribution in [0.25, 0.3) is 6.08 Å². The molecule has 0 radical (unpaired) electrons. The van der Waals surface area contributed by atoms with Crippen LogP contribution in [-0.2, 0) is 4.79 Å². The summed E-state index contributed by atoms with van der Waals surface area (Å²) >= 11 is 3.20. The van der Waals surface area contributed by atoms with Crippen molar-refractivity contribution in [3.8, 4) is 0 Å². The van der Waals surface area contributed by atoms with Gasteiger partial charge in [0.2, 0.25) is 5.91 Å². The molecule has 1 saturated heterocycles. The van der Waals surface area contributed by atoms with E-state index in [0.717, 1.165) is 52.4 Å². The van der Waals surface area contributed by atoms with Gasteiger partial charge in [-0.2, -0.15) is 0 Å². The van der Waals surface area contributed by atoms with Crippen molar-refractivity contribution in [1.82, 2.24) is 24.8 Å². The first-order valence-corrected chi connectivity index (χ1v) is 12.0. The largest absolute Gasteiger partial charge is 0.338 e. The third-order valence-electron chi connectivity index (χ3n) is 5.31. The first kappa shape index (κ1) is 21.6. The molecular formula is C22H26N6OS2. The number of nitrogens with zero attached hydrogens (tertiary/aromatic N) is 5. The number of thiazole rings is 2. The Kier molecular flexibility index (Phi) is 6.43. The van der Waals surface area contributed by atoms with Crippen molar-refractivity contribution in [2.24, 2.45) is 0 Å². The van der Waals surface area contributed by atoms with Crippen LogP contribution in [-0.4, -0.2) is 43.8 Å². The highest BCUT2D eigenvalue weighted by Gasteiger charge is 2.25. The van der Waals surface area contributed by atoms with Crippen molar-refractivity contribution in [3.63, 3.8) is 0 Å². The van der Waals surface area contributed by atoms with E-state index in [1.54, 1.807) is 34.8 Å². The van der Waals surface area contributed by atoms with Crippen molar-refractivity contribution in [1.29, 1.82) is 0 Å². The number of carbonyl (C=O) groups is 1. The van der Waals surface area contributed by atoms with E-state index in [1.165, 1.54) is 4.88 Å². The molecule has 0 unspecified atom stereocenters. The van der Waals surface area contributed by atoms with E-state index in [2.05, 4.69) is 32.2 Å². The lowest BCUT2D eigenvalue weighted by atomic mass is 9.94. The molecule has 4 heterocycles. The number of hydrogen-bond donors (Lipinski definition) is 1. The van der Waals surface area contributed by atoms with Crippen LogP contribution >= 0.6 is 22.7 Å². The van der Waals surface area contributed by atoms with Crippen molar-refractivity contribution in [2.45, 2.75) is 46.5 Å². The van der Waals surface area contributed by atoms with Gasteiger partial charge in [0.1, 0.15) is 11.6 Å². The fraction of sp³-hybridized carbons (Fsp3) is 0.409. The number of aryl methyl sites for hydroxylation is 4. The van der Waals surface area contributed by atoms with Crippen LogP contribution in [0.2, 0.25) is 0 Å². The van der Waals surface area contributed by atoms with Gasteiger partial charge in [-0.1, -0.05) is 0 Å². The Morgan fingerprint density at radius 1 is 1.19 bits per heavy atom. The molecular weight excluding hydrogens is 428 g/mol. The van der Waals surface area contributed by atoms with Crippen LogP contribution in [0.15, 0.2) is 17.5 Å². The number of carbonyl (C=O) groups excluding carboxylic acids is 1. The van der Waals surface area contributed by atoms with Crippen LogP contribution in [0.1, 0.15) is 51.6 Å². The normalized spacial score (nSPS) is 16.8. The number of amides is 1. The zero-order chi connectivity index (χ0) is 22.0. The Morgan fingerprint density at radius 2 is 2.03 bits per heavy atom. The van der Waals surface area contributed by atoms with Gasteiger partial charge in [-0.3, -0.25) is 4.79 Å². The van der Waals surface area contributed by atoms with E-state index in [0.29, 0.717) is 12.4 Å². The Bertz CT molecular complexity index is 1100. The highest BCUT2D eigenvalue weighted by atomic mass is 32.1. The van der Waals surface area contributed by atoms with E-state index < -0.39 is 0 Å². The number of nitrogens with one attached hydrogen (secondary N) is 1. The third-order valence-corrected chi connectivity index (χ3v) is 7.09. The average molecular weight is 455 g/mol. The molecule has 7 nitrogen and oxygen atoms in total. The SMILES string of the molecule is Cc1nc(Nc2nc(C)c(C)s2)cc([C@@H]2CCCN(C(=O)/C=C/c3csc(C)n3)C2)n1. The molecule has 1 atom stereocenters. The number of anilines is 2. The van der Waals surface area contributed by atoms with Gasteiger partial charge in [-0.25, -0.2) is 19.9 Å². The molecule has 1 aliphatic heterocycles. The Morgan fingerprint density at radius 3 is 2.74 bits per heavy atom. The van der Waals surface area contributed by atoms with Crippen molar-refractivity contribution in [2.75, 3.05) is 18.4 Å². The van der Waals surface area contributed by atoms with E-state index in [-0.39, 0.29) is 11.8 Å². The summed E-state index contributed by atoms with van der Waals surface area (Å²) in [6, 6.07) is 1.99. The summed E-state index contributed by atoms with van der Waals surface area (Å²) in [6.07, 6.45) is 5.38. The standard InChI is InChI=1S/C22H26N6OS2/c1-13-14(2)31-22(23-13)27-20-10-19(24-15(3)25-20)17-6-5-9-28(11-17)21(29)8-7-18-12-30-16(4)26-18/h7-8,10,12,17H,5-6,9,11H2,1-4H3,(H,23,24,25,27)/b8-7+/t17-/m1/s1. The smallest absolute Gasteiger partial charge is 0.246 e. The predicted octanol–water partition coefficient (Wildman–Crippen LogP) is 4.79. The molecule has 3 aromatic heterocycles. The number of likely N-dealkylation sites (tertiary alicyclic amines) is 1. The van der Waals surface area contributed by atoms with Crippen molar-refractivity contribution >= 4 is 45.6 Å². The van der Waals surface area contributed by atoms with Gasteiger partial charge in [0.05, 0.1) is 22.1 Å². The number of rotatable bonds is 5. The van der Waals surface area contributed by atoms with Gasteiger partial charge >= 0.3 is 0 Å². The quantitative estimate of drug-likeness (QED) is 0.558. The molecule has 0 aliphatic carbocycles. The molecule has 1 fully saturated rings. The van der Waals surface area contributed by atoms with Gasteiger partial charge in [0, 0.05) is 41.4 Å². The fourth-order valence-corrected chi connectivity index (χ4v) is 5.04. The minimum atomic E-state index is 0.0215. The van der Waals surface area contributed by atoms with Crippen LogP contribution in [0.5, 0.6) is 0 Å². The molecule has 162 valence electrons. The Hall–Kier alpha value is -2.65. The maximum Gasteiger partial charge on any atom is 0.246 e. The topological polar surface area (TPSA) is 83.9 Å². The van der Waals surface area contributed by atoms with E-state index >= 15 is 0 Å². The number of piperidine rings is 1. The lowest BCUT2D eigenvalue weighted by Gasteiger charge is -2.32. The van der Waals surface area contributed by atoms with Gasteiger partial charge in [0.15, 0.2) is 5.13 Å². The minimum Gasteiger partial charge on any atom is -0.338 e. The zero-order valence-electron chi connectivity index (χ0n) is 18.2. The monoisotopic (exact) mass is 454 g/mol. The summed E-state index contributed by atoms with van der Waals surface area (Å²) in [7, 11) is 0. The molecule has 9 heteroatoms. The molecule has 0 bridgehead atoms. The Balaban J connectivity index is 1.46. The summed E-state index contributed by atoms with van der Waals surface area (Å²) in [5.74, 6) is 1.67. The van der Waals surface area contributed by atoms with Gasteiger partial charge < -0.3 is 10.2 Å².